The van der Waals surface area contributed by atoms with E-state index in [4.69, 9.17) is 0 Å². The van der Waals surface area contributed by atoms with Crippen molar-refractivity contribution in [2.45, 2.75) is 34.6 Å². The third-order valence-corrected chi connectivity index (χ3v) is 10.8. The van der Waals surface area contributed by atoms with Crippen LogP contribution in [-0.2, 0) is 0 Å². The second-order valence-corrected chi connectivity index (χ2v) is 14.4. The Morgan fingerprint density at radius 2 is 0.981 bits per heavy atom. The summed E-state index contributed by atoms with van der Waals surface area (Å²) in [5, 5.41) is 2.17. The Hall–Kier alpha value is -6.52. The van der Waals surface area contributed by atoms with Crippen LogP contribution in [-0.4, -0.2) is 16.4 Å². The standard InChI is InChI=1S/C49H38N2O2/c1-29-24-32(4)46(33(5)25-29)37-21-23-40-39-22-20-36(45-30(2)12-9-13-31(45)3)27-43(39)51(44(40)28-37)42-19-11-18-41-47(42)49(53)50(48(41)52)38-17-10-16-35(26-38)34-14-7-6-8-15-34/h6-28H,1-5H3. The molecule has 2 amide bonds. The van der Waals surface area contributed by atoms with Crippen molar-refractivity contribution in [3.63, 3.8) is 0 Å². The van der Waals surface area contributed by atoms with E-state index in [1.165, 1.54) is 43.8 Å². The van der Waals surface area contributed by atoms with E-state index >= 15 is 0 Å². The average Bonchev–Trinajstić information content (AvgIpc) is 3.61. The first kappa shape index (κ1) is 32.4. The summed E-state index contributed by atoms with van der Waals surface area (Å²) in [6, 6.07) is 47.5. The van der Waals surface area contributed by atoms with Gasteiger partial charge in [-0.15, -0.1) is 0 Å². The molecular formula is C49H38N2O2. The van der Waals surface area contributed by atoms with Crippen molar-refractivity contribution in [1.29, 1.82) is 0 Å². The summed E-state index contributed by atoms with van der Waals surface area (Å²) in [6.45, 7) is 10.8. The Labute approximate surface area is 309 Å². The van der Waals surface area contributed by atoms with E-state index in [1.807, 2.05) is 66.7 Å². The number of imide groups is 1. The molecule has 1 aliphatic heterocycles. The maximum atomic E-state index is 14.7. The quantitative estimate of drug-likeness (QED) is 0.169. The monoisotopic (exact) mass is 686 g/mol. The van der Waals surface area contributed by atoms with E-state index in [0.717, 1.165) is 44.1 Å². The zero-order valence-corrected chi connectivity index (χ0v) is 30.5. The molecule has 0 saturated heterocycles. The van der Waals surface area contributed by atoms with Gasteiger partial charge in [-0.3, -0.25) is 9.59 Å². The van der Waals surface area contributed by atoms with Gasteiger partial charge in [0.1, 0.15) is 0 Å². The van der Waals surface area contributed by atoms with Crippen molar-refractivity contribution in [2.24, 2.45) is 0 Å². The maximum absolute atomic E-state index is 14.7. The van der Waals surface area contributed by atoms with Crippen molar-refractivity contribution in [2.75, 3.05) is 4.90 Å². The van der Waals surface area contributed by atoms with E-state index in [2.05, 4.69) is 106 Å². The van der Waals surface area contributed by atoms with Gasteiger partial charge in [-0.1, -0.05) is 109 Å². The van der Waals surface area contributed by atoms with Crippen LogP contribution in [0.2, 0.25) is 0 Å². The number of carbonyl (C=O) groups excluding carboxylic acids is 2. The van der Waals surface area contributed by atoms with Crippen molar-refractivity contribution in [1.82, 2.24) is 4.57 Å². The second kappa shape index (κ2) is 12.3. The molecule has 0 saturated carbocycles. The number of anilines is 1. The number of amides is 2. The van der Waals surface area contributed by atoms with Crippen LogP contribution in [0, 0.1) is 34.6 Å². The van der Waals surface area contributed by atoms with Gasteiger partial charge >= 0.3 is 0 Å². The molecule has 256 valence electrons. The van der Waals surface area contributed by atoms with Gasteiger partial charge in [0.15, 0.2) is 0 Å². The summed E-state index contributed by atoms with van der Waals surface area (Å²) >= 11 is 0. The predicted octanol–water partition coefficient (Wildman–Crippen LogP) is 12.1. The second-order valence-electron chi connectivity index (χ2n) is 14.4. The van der Waals surface area contributed by atoms with Crippen molar-refractivity contribution in [3.8, 4) is 39.1 Å². The summed E-state index contributed by atoms with van der Waals surface area (Å²) in [4.78, 5) is 30.3. The fourth-order valence-corrected chi connectivity index (χ4v) is 8.64. The molecule has 9 rings (SSSR count). The number of carbonyl (C=O) groups is 2. The highest BCUT2D eigenvalue weighted by atomic mass is 16.2. The number of hydrogen-bond donors (Lipinski definition) is 0. The summed E-state index contributed by atoms with van der Waals surface area (Å²) in [5.41, 5.74) is 16.7. The number of aromatic nitrogens is 1. The third kappa shape index (κ3) is 5.13. The summed E-state index contributed by atoms with van der Waals surface area (Å²) in [5.74, 6) is -0.645. The molecule has 0 spiro atoms. The smallest absolute Gasteiger partial charge is 0.268 e. The first-order chi connectivity index (χ1) is 25.7. The minimum absolute atomic E-state index is 0.319. The highest BCUT2D eigenvalue weighted by molar-refractivity contribution is 6.36. The molecule has 2 heterocycles. The maximum Gasteiger partial charge on any atom is 0.268 e. The molecule has 0 fully saturated rings. The van der Waals surface area contributed by atoms with Gasteiger partial charge in [0.05, 0.1) is 33.5 Å². The Morgan fingerprint density at radius 1 is 0.415 bits per heavy atom. The van der Waals surface area contributed by atoms with E-state index in [9.17, 15) is 9.59 Å². The molecule has 7 aromatic carbocycles. The van der Waals surface area contributed by atoms with Crippen LogP contribution in [0.15, 0.2) is 140 Å². The summed E-state index contributed by atoms with van der Waals surface area (Å²) in [6.07, 6.45) is 0. The largest absolute Gasteiger partial charge is 0.308 e. The number of benzene rings is 7. The lowest BCUT2D eigenvalue weighted by atomic mass is 9.93. The predicted molar refractivity (Wildman–Crippen MR) is 218 cm³/mol. The molecule has 4 heteroatoms. The normalized spacial score (nSPS) is 12.7. The summed E-state index contributed by atoms with van der Waals surface area (Å²) in [7, 11) is 0. The molecule has 0 radical (unpaired) electrons. The van der Waals surface area contributed by atoms with E-state index in [-0.39, 0.29) is 11.8 Å². The minimum Gasteiger partial charge on any atom is -0.308 e. The summed E-state index contributed by atoms with van der Waals surface area (Å²) < 4.78 is 2.21. The van der Waals surface area contributed by atoms with Gasteiger partial charge in [-0.05, 0) is 127 Å². The first-order valence-electron chi connectivity index (χ1n) is 18.1. The van der Waals surface area contributed by atoms with Gasteiger partial charge in [-0.25, -0.2) is 4.90 Å². The van der Waals surface area contributed by atoms with Gasteiger partial charge < -0.3 is 4.57 Å². The van der Waals surface area contributed by atoms with Crippen LogP contribution in [0.3, 0.4) is 0 Å². The Kier molecular flexibility index (Phi) is 7.53. The number of fused-ring (bicyclic) bond motifs is 4. The molecule has 53 heavy (non-hydrogen) atoms. The average molecular weight is 687 g/mol. The van der Waals surface area contributed by atoms with Crippen LogP contribution in [0.4, 0.5) is 5.69 Å². The lowest BCUT2D eigenvalue weighted by Crippen LogP contribution is -2.29. The van der Waals surface area contributed by atoms with Crippen LogP contribution in [0.5, 0.6) is 0 Å². The molecule has 1 aromatic heterocycles. The van der Waals surface area contributed by atoms with Gasteiger partial charge in [0.25, 0.3) is 11.8 Å². The third-order valence-electron chi connectivity index (χ3n) is 10.8. The fraction of sp³-hybridized carbons (Fsp3) is 0.102. The zero-order valence-electron chi connectivity index (χ0n) is 30.5. The highest BCUT2D eigenvalue weighted by Crippen LogP contribution is 2.42. The lowest BCUT2D eigenvalue weighted by molar-refractivity contribution is 0.0926. The fourth-order valence-electron chi connectivity index (χ4n) is 8.64. The van der Waals surface area contributed by atoms with Gasteiger partial charge in [-0.2, -0.15) is 0 Å². The Morgan fingerprint density at radius 3 is 1.62 bits per heavy atom. The number of rotatable bonds is 5. The highest BCUT2D eigenvalue weighted by Gasteiger charge is 2.39. The molecule has 4 nitrogen and oxygen atoms in total. The van der Waals surface area contributed by atoms with E-state index in [0.29, 0.717) is 22.5 Å². The molecule has 0 aliphatic carbocycles. The van der Waals surface area contributed by atoms with Crippen LogP contribution in [0.25, 0.3) is 60.9 Å². The van der Waals surface area contributed by atoms with Crippen molar-refractivity contribution in [3.05, 3.63) is 178 Å². The van der Waals surface area contributed by atoms with Crippen molar-refractivity contribution >= 4 is 39.3 Å². The number of hydrogen-bond acceptors (Lipinski definition) is 2. The van der Waals surface area contributed by atoms with E-state index < -0.39 is 0 Å². The molecule has 0 N–H and O–H groups in total. The molecule has 0 bridgehead atoms. The van der Waals surface area contributed by atoms with Gasteiger partial charge in [0, 0.05) is 10.8 Å². The SMILES string of the molecule is Cc1cc(C)c(-c2ccc3c4ccc(-c5c(C)cccc5C)cc4n(-c4cccc5c4C(=O)N(c4cccc(-c6ccccc6)c4)C5=O)c3c2)c(C)c1. The molecule has 0 atom stereocenters. The molecular weight excluding hydrogens is 649 g/mol. The Balaban J connectivity index is 1.29. The molecule has 8 aromatic rings. The molecule has 1 aliphatic rings. The van der Waals surface area contributed by atoms with Crippen LogP contribution < -0.4 is 4.90 Å². The molecule has 0 unspecified atom stereocenters. The minimum atomic E-state index is -0.326. The number of aryl methyl sites for hydroxylation is 5. The van der Waals surface area contributed by atoms with E-state index in [1.54, 1.807) is 6.07 Å². The van der Waals surface area contributed by atoms with Gasteiger partial charge in [0.2, 0.25) is 0 Å². The first-order valence-corrected chi connectivity index (χ1v) is 18.1. The topological polar surface area (TPSA) is 42.3 Å². The Bertz CT molecular complexity index is 2780. The number of nitrogens with zero attached hydrogens (tertiary/aromatic N) is 2. The van der Waals surface area contributed by atoms with Crippen molar-refractivity contribution < 1.29 is 9.59 Å². The zero-order chi connectivity index (χ0) is 36.5. The van der Waals surface area contributed by atoms with Crippen LogP contribution in [0.1, 0.15) is 48.5 Å². The lowest BCUT2D eigenvalue weighted by Gasteiger charge is -2.16. The van der Waals surface area contributed by atoms with Crippen LogP contribution >= 0.6 is 0 Å².